The summed E-state index contributed by atoms with van der Waals surface area (Å²) in [6.07, 6.45) is -0.379. The van der Waals surface area contributed by atoms with Crippen LogP contribution in [0.2, 0.25) is 0 Å². The molecule has 0 bridgehead atoms. The fourth-order valence-electron chi connectivity index (χ4n) is 0.836. The van der Waals surface area contributed by atoms with Crippen molar-refractivity contribution in [1.82, 2.24) is 0 Å². The summed E-state index contributed by atoms with van der Waals surface area (Å²) in [5.41, 5.74) is 0. The zero-order valence-electron chi connectivity index (χ0n) is 7.90. The molecule has 2 atom stereocenters. The van der Waals surface area contributed by atoms with Crippen LogP contribution in [0.25, 0.3) is 0 Å². The normalized spacial score (nSPS) is 15.1. The largest absolute Gasteiger partial charge is 0.394 e. The van der Waals surface area contributed by atoms with Gasteiger partial charge in [0.2, 0.25) is 0 Å². The Hall–Kier alpha value is -0.650. The quantitative estimate of drug-likeness (QED) is 0.457. The molecule has 0 aliphatic heterocycles. The number of rotatable bonds is 6. The Morgan fingerprint density at radius 3 is 2.54 bits per heavy atom. The van der Waals surface area contributed by atoms with E-state index in [1.165, 1.54) is 6.92 Å². The zero-order valence-corrected chi connectivity index (χ0v) is 7.90. The Balaban J connectivity index is 3.86. The van der Waals surface area contributed by atoms with Crippen molar-refractivity contribution < 1.29 is 24.8 Å². The molecule has 0 amide bonds. The van der Waals surface area contributed by atoms with Crippen LogP contribution in [0.1, 0.15) is 26.7 Å². The molecule has 0 saturated carbocycles. The number of carbonyl (C=O) groups is 1. The van der Waals surface area contributed by atoms with Gasteiger partial charge in [0.05, 0.1) is 6.61 Å². The molecule has 5 nitrogen and oxygen atoms in total. The molecule has 5 heteroatoms. The van der Waals surface area contributed by atoms with Crippen molar-refractivity contribution in [2.24, 2.45) is 0 Å². The maximum Gasteiger partial charge on any atom is 0.339 e. The van der Waals surface area contributed by atoms with Crippen molar-refractivity contribution >= 4 is 5.97 Å². The first-order valence-electron chi connectivity index (χ1n) is 4.24. The molecule has 2 unspecified atom stereocenters. The van der Waals surface area contributed by atoms with Gasteiger partial charge >= 0.3 is 5.97 Å². The van der Waals surface area contributed by atoms with Crippen molar-refractivity contribution in [2.45, 2.75) is 38.9 Å². The summed E-state index contributed by atoms with van der Waals surface area (Å²) in [6.45, 7) is 2.69. The smallest absolute Gasteiger partial charge is 0.339 e. The number of hydrogen-bond acceptors (Lipinski definition) is 5. The molecule has 0 aromatic rings. The van der Waals surface area contributed by atoms with Gasteiger partial charge in [0.15, 0.2) is 0 Å². The number of aliphatic hydroxyl groups excluding tert-OH is 2. The van der Waals surface area contributed by atoms with Crippen LogP contribution in [0.15, 0.2) is 0 Å². The minimum Gasteiger partial charge on any atom is -0.394 e. The van der Waals surface area contributed by atoms with Gasteiger partial charge < -0.3 is 10.2 Å². The average Bonchev–Trinajstić information content (AvgIpc) is 2.10. The van der Waals surface area contributed by atoms with Crippen LogP contribution >= 0.6 is 0 Å². The lowest BCUT2D eigenvalue weighted by atomic mass is 10.1. The van der Waals surface area contributed by atoms with Crippen LogP contribution in [-0.2, 0) is 14.6 Å². The van der Waals surface area contributed by atoms with E-state index in [4.69, 9.17) is 5.11 Å². The molecule has 0 saturated heterocycles. The van der Waals surface area contributed by atoms with Gasteiger partial charge in [-0.2, -0.15) is 4.89 Å². The van der Waals surface area contributed by atoms with Gasteiger partial charge in [0.25, 0.3) is 0 Å². The summed E-state index contributed by atoms with van der Waals surface area (Å²) in [5.74, 6) is -0.578. The predicted molar refractivity (Wildman–Crippen MR) is 44.6 cm³/mol. The van der Waals surface area contributed by atoms with Crippen molar-refractivity contribution in [3.05, 3.63) is 0 Å². The number of hydrogen-bond donors (Lipinski definition) is 2. The third-order valence-electron chi connectivity index (χ3n) is 1.48. The third-order valence-corrected chi connectivity index (χ3v) is 1.48. The number of aliphatic hydroxyl groups is 2. The van der Waals surface area contributed by atoms with Crippen LogP contribution in [0.3, 0.4) is 0 Å². The van der Waals surface area contributed by atoms with E-state index in [1.807, 2.05) is 6.92 Å². The fraction of sp³-hybridized carbons (Fsp3) is 0.875. The Morgan fingerprint density at radius 2 is 2.15 bits per heavy atom. The Labute approximate surface area is 77.2 Å². The lowest BCUT2D eigenvalue weighted by molar-refractivity contribution is -0.312. The predicted octanol–water partition coefficient (Wildman–Crippen LogP) is 0.00300. The summed E-state index contributed by atoms with van der Waals surface area (Å²) in [6, 6.07) is 0. The van der Waals surface area contributed by atoms with Crippen LogP contribution in [0.5, 0.6) is 0 Å². The second-order valence-corrected chi connectivity index (χ2v) is 2.75. The first kappa shape index (κ1) is 12.3. The Bertz CT molecular complexity index is 147. The molecule has 78 valence electrons. The molecule has 0 radical (unpaired) electrons. The molecule has 13 heavy (non-hydrogen) atoms. The van der Waals surface area contributed by atoms with E-state index in [1.54, 1.807) is 0 Å². The second kappa shape index (κ2) is 6.82. The topological polar surface area (TPSA) is 76.0 Å². The lowest BCUT2D eigenvalue weighted by Crippen LogP contribution is -2.32. The molecule has 0 aromatic carbocycles. The van der Waals surface area contributed by atoms with Crippen LogP contribution < -0.4 is 0 Å². The first-order valence-corrected chi connectivity index (χ1v) is 4.24. The maximum atomic E-state index is 10.4. The van der Waals surface area contributed by atoms with E-state index < -0.39 is 24.8 Å². The minimum absolute atomic E-state index is 0.411. The molecule has 0 rings (SSSR count). The highest BCUT2D eigenvalue weighted by Gasteiger charge is 2.20. The molecule has 0 aliphatic rings. The second-order valence-electron chi connectivity index (χ2n) is 2.75. The van der Waals surface area contributed by atoms with E-state index in [-0.39, 0.29) is 0 Å². The van der Waals surface area contributed by atoms with Crippen molar-refractivity contribution in [2.75, 3.05) is 6.61 Å². The van der Waals surface area contributed by atoms with Gasteiger partial charge in [-0.15, -0.1) is 0 Å². The average molecular weight is 192 g/mol. The molecule has 0 heterocycles. The molecule has 0 spiro atoms. The third kappa shape index (κ3) is 5.57. The summed E-state index contributed by atoms with van der Waals surface area (Å²) < 4.78 is 0. The molecule has 0 aromatic heterocycles. The molecule has 0 aliphatic carbocycles. The van der Waals surface area contributed by atoms with Gasteiger partial charge in [-0.05, 0) is 6.42 Å². The van der Waals surface area contributed by atoms with Gasteiger partial charge in [-0.25, -0.2) is 4.79 Å². The van der Waals surface area contributed by atoms with E-state index >= 15 is 0 Å². The first-order chi connectivity index (χ1) is 6.11. The monoisotopic (exact) mass is 192 g/mol. The standard InChI is InChI=1S/C8H16O5/c1-3-4-8(7(11)5-9)13-12-6(2)10/h7-9,11H,3-5H2,1-2H3. The lowest BCUT2D eigenvalue weighted by Gasteiger charge is -2.18. The SMILES string of the molecule is CCCC(OOC(C)=O)C(O)CO. The van der Waals surface area contributed by atoms with Crippen molar-refractivity contribution in [1.29, 1.82) is 0 Å². The van der Waals surface area contributed by atoms with Gasteiger partial charge in [-0.1, -0.05) is 13.3 Å². The van der Waals surface area contributed by atoms with Crippen LogP contribution in [0.4, 0.5) is 0 Å². The van der Waals surface area contributed by atoms with E-state index in [0.29, 0.717) is 6.42 Å². The van der Waals surface area contributed by atoms with Crippen LogP contribution in [-0.4, -0.2) is 35.0 Å². The van der Waals surface area contributed by atoms with E-state index in [9.17, 15) is 9.90 Å². The summed E-state index contributed by atoms with van der Waals surface area (Å²) in [7, 11) is 0. The summed E-state index contributed by atoms with van der Waals surface area (Å²) >= 11 is 0. The zero-order chi connectivity index (χ0) is 10.3. The van der Waals surface area contributed by atoms with Crippen LogP contribution in [0, 0.1) is 0 Å². The molecule has 2 N–H and O–H groups in total. The van der Waals surface area contributed by atoms with E-state index in [2.05, 4.69) is 9.78 Å². The highest BCUT2D eigenvalue weighted by molar-refractivity contribution is 5.65. The molecular weight excluding hydrogens is 176 g/mol. The van der Waals surface area contributed by atoms with E-state index in [0.717, 1.165) is 6.42 Å². The van der Waals surface area contributed by atoms with Gasteiger partial charge in [-0.3, -0.25) is 4.89 Å². The fourth-order valence-corrected chi connectivity index (χ4v) is 0.836. The Kier molecular flexibility index (Phi) is 6.48. The molecular formula is C8H16O5. The maximum absolute atomic E-state index is 10.4. The van der Waals surface area contributed by atoms with Crippen molar-refractivity contribution in [3.8, 4) is 0 Å². The summed E-state index contributed by atoms with van der Waals surface area (Å²) in [4.78, 5) is 19.3. The summed E-state index contributed by atoms with van der Waals surface area (Å²) in [5, 5.41) is 17.8. The number of carbonyl (C=O) groups excluding carboxylic acids is 1. The Morgan fingerprint density at radius 1 is 1.54 bits per heavy atom. The highest BCUT2D eigenvalue weighted by Crippen LogP contribution is 2.07. The van der Waals surface area contributed by atoms with Gasteiger partial charge in [0, 0.05) is 6.92 Å². The van der Waals surface area contributed by atoms with Crippen molar-refractivity contribution in [3.63, 3.8) is 0 Å². The molecule has 0 fully saturated rings. The highest BCUT2D eigenvalue weighted by atomic mass is 17.2. The van der Waals surface area contributed by atoms with Gasteiger partial charge in [0.1, 0.15) is 12.2 Å². The minimum atomic E-state index is -1.01.